The first kappa shape index (κ1) is 11.9. The molecular formula is C12H17N3O2. The Bertz CT molecular complexity index is 372. The zero-order valence-corrected chi connectivity index (χ0v) is 9.90. The maximum absolute atomic E-state index is 11.4. The van der Waals surface area contributed by atoms with Gasteiger partial charge in [0.05, 0.1) is 12.2 Å². The maximum atomic E-state index is 11.4. The monoisotopic (exact) mass is 235 g/mol. The van der Waals surface area contributed by atoms with E-state index in [9.17, 15) is 4.79 Å². The Kier molecular flexibility index (Phi) is 3.93. The van der Waals surface area contributed by atoms with Crippen LogP contribution in [0.15, 0.2) is 18.3 Å². The van der Waals surface area contributed by atoms with Gasteiger partial charge in [-0.3, -0.25) is 0 Å². The molecule has 2 rings (SSSR count). The smallest absolute Gasteiger partial charge is 0.339 e. The second-order valence-corrected chi connectivity index (χ2v) is 3.99. The normalized spacial score (nSPS) is 19.0. The zero-order valence-electron chi connectivity index (χ0n) is 9.90. The number of aromatic nitrogens is 1. The minimum atomic E-state index is -0.325. The van der Waals surface area contributed by atoms with Crippen molar-refractivity contribution in [3.05, 3.63) is 23.9 Å². The third kappa shape index (κ3) is 3.17. The lowest BCUT2D eigenvalue weighted by Gasteiger charge is -2.11. The SMILES string of the molecule is CCOC(=O)c1ccc(NC2CCNC2)nc1. The Balaban J connectivity index is 1.94. The van der Waals surface area contributed by atoms with E-state index in [0.29, 0.717) is 18.2 Å². The molecule has 0 aromatic carbocycles. The molecule has 0 amide bonds. The first-order chi connectivity index (χ1) is 8.29. The number of hydrogen-bond acceptors (Lipinski definition) is 5. The van der Waals surface area contributed by atoms with Gasteiger partial charge in [0.2, 0.25) is 0 Å². The molecule has 0 saturated carbocycles. The van der Waals surface area contributed by atoms with Crippen LogP contribution in [0.5, 0.6) is 0 Å². The molecule has 1 aromatic rings. The third-order valence-corrected chi connectivity index (χ3v) is 2.69. The average molecular weight is 235 g/mol. The van der Waals surface area contributed by atoms with Gasteiger partial charge in [-0.1, -0.05) is 0 Å². The summed E-state index contributed by atoms with van der Waals surface area (Å²) in [5.41, 5.74) is 0.488. The Morgan fingerprint density at radius 3 is 3.12 bits per heavy atom. The van der Waals surface area contributed by atoms with E-state index in [4.69, 9.17) is 4.74 Å². The number of anilines is 1. The standard InChI is InChI=1S/C12H17N3O2/c1-2-17-12(16)9-3-4-11(14-7-9)15-10-5-6-13-8-10/h3-4,7,10,13H,2,5-6,8H2,1H3,(H,14,15). The minimum absolute atomic E-state index is 0.325. The van der Waals surface area contributed by atoms with Crippen LogP contribution in [0.4, 0.5) is 5.82 Å². The molecule has 2 N–H and O–H groups in total. The molecule has 92 valence electrons. The van der Waals surface area contributed by atoms with Crippen LogP contribution in [0.25, 0.3) is 0 Å². The molecule has 0 aliphatic carbocycles. The number of esters is 1. The number of pyridine rings is 1. The molecule has 1 atom stereocenters. The van der Waals surface area contributed by atoms with Gasteiger partial charge >= 0.3 is 5.97 Å². The fourth-order valence-electron chi connectivity index (χ4n) is 1.80. The molecule has 1 fully saturated rings. The quantitative estimate of drug-likeness (QED) is 0.763. The molecule has 17 heavy (non-hydrogen) atoms. The van der Waals surface area contributed by atoms with E-state index in [2.05, 4.69) is 15.6 Å². The molecule has 1 unspecified atom stereocenters. The fraction of sp³-hybridized carbons (Fsp3) is 0.500. The van der Waals surface area contributed by atoms with Crippen molar-refractivity contribution in [3.63, 3.8) is 0 Å². The average Bonchev–Trinajstić information content (AvgIpc) is 2.83. The second kappa shape index (κ2) is 5.63. The van der Waals surface area contributed by atoms with Gasteiger partial charge in [-0.15, -0.1) is 0 Å². The predicted octanol–water partition coefficient (Wildman–Crippen LogP) is 1.03. The summed E-state index contributed by atoms with van der Waals surface area (Å²) in [4.78, 5) is 15.6. The van der Waals surface area contributed by atoms with E-state index in [-0.39, 0.29) is 5.97 Å². The van der Waals surface area contributed by atoms with E-state index in [1.807, 2.05) is 6.07 Å². The molecular weight excluding hydrogens is 218 g/mol. The summed E-state index contributed by atoms with van der Waals surface area (Å²) < 4.78 is 4.89. The van der Waals surface area contributed by atoms with Crippen molar-refractivity contribution in [2.24, 2.45) is 0 Å². The highest BCUT2D eigenvalue weighted by atomic mass is 16.5. The van der Waals surface area contributed by atoms with Gasteiger partial charge in [0.1, 0.15) is 5.82 Å². The molecule has 5 heteroatoms. The number of nitrogens with one attached hydrogen (secondary N) is 2. The molecule has 1 saturated heterocycles. The molecule has 2 heterocycles. The van der Waals surface area contributed by atoms with Gasteiger partial charge in [0, 0.05) is 18.8 Å². The topological polar surface area (TPSA) is 63.2 Å². The number of nitrogens with zero attached hydrogens (tertiary/aromatic N) is 1. The highest BCUT2D eigenvalue weighted by molar-refractivity contribution is 5.89. The van der Waals surface area contributed by atoms with Crippen molar-refractivity contribution in [3.8, 4) is 0 Å². The second-order valence-electron chi connectivity index (χ2n) is 3.99. The van der Waals surface area contributed by atoms with E-state index in [1.165, 1.54) is 0 Å². The van der Waals surface area contributed by atoms with Crippen LogP contribution in [0.2, 0.25) is 0 Å². The van der Waals surface area contributed by atoms with Crippen LogP contribution in [0.3, 0.4) is 0 Å². The summed E-state index contributed by atoms with van der Waals surface area (Å²) in [5.74, 6) is 0.473. The minimum Gasteiger partial charge on any atom is -0.462 e. The number of ether oxygens (including phenoxy) is 1. The van der Waals surface area contributed by atoms with Crippen molar-refractivity contribution in [2.75, 3.05) is 25.0 Å². The van der Waals surface area contributed by atoms with Gasteiger partial charge in [0.15, 0.2) is 0 Å². The first-order valence-electron chi connectivity index (χ1n) is 5.90. The highest BCUT2D eigenvalue weighted by Gasteiger charge is 2.14. The van der Waals surface area contributed by atoms with Crippen LogP contribution in [-0.4, -0.2) is 36.7 Å². The summed E-state index contributed by atoms with van der Waals surface area (Å²) >= 11 is 0. The van der Waals surface area contributed by atoms with Gasteiger partial charge < -0.3 is 15.4 Å². The molecule has 1 aromatic heterocycles. The molecule has 0 radical (unpaired) electrons. The van der Waals surface area contributed by atoms with Gasteiger partial charge in [0.25, 0.3) is 0 Å². The third-order valence-electron chi connectivity index (χ3n) is 2.69. The van der Waals surface area contributed by atoms with E-state index < -0.39 is 0 Å². The van der Waals surface area contributed by atoms with E-state index in [1.54, 1.807) is 19.2 Å². The first-order valence-corrected chi connectivity index (χ1v) is 5.90. The van der Waals surface area contributed by atoms with Gasteiger partial charge in [-0.25, -0.2) is 9.78 Å². The Labute approximate surface area is 101 Å². The maximum Gasteiger partial charge on any atom is 0.339 e. The Hall–Kier alpha value is -1.62. The van der Waals surface area contributed by atoms with Crippen molar-refractivity contribution in [2.45, 2.75) is 19.4 Å². The van der Waals surface area contributed by atoms with Crippen LogP contribution in [0, 0.1) is 0 Å². The van der Waals surface area contributed by atoms with Crippen LogP contribution >= 0.6 is 0 Å². The van der Waals surface area contributed by atoms with Gasteiger partial charge in [-0.2, -0.15) is 0 Å². The van der Waals surface area contributed by atoms with Crippen LogP contribution in [0.1, 0.15) is 23.7 Å². The lowest BCUT2D eigenvalue weighted by atomic mass is 10.2. The summed E-state index contributed by atoms with van der Waals surface area (Å²) in [5, 5.41) is 6.59. The van der Waals surface area contributed by atoms with E-state index >= 15 is 0 Å². The number of carbonyl (C=O) groups excluding carboxylic acids is 1. The summed E-state index contributed by atoms with van der Waals surface area (Å²) in [7, 11) is 0. The lowest BCUT2D eigenvalue weighted by molar-refractivity contribution is 0.0526. The molecule has 0 spiro atoms. The number of carbonyl (C=O) groups is 1. The summed E-state index contributed by atoms with van der Waals surface area (Å²) in [6.45, 7) is 4.17. The Morgan fingerprint density at radius 2 is 2.53 bits per heavy atom. The van der Waals surface area contributed by atoms with Crippen molar-refractivity contribution in [1.82, 2.24) is 10.3 Å². The zero-order chi connectivity index (χ0) is 12.1. The number of hydrogen-bond donors (Lipinski definition) is 2. The largest absolute Gasteiger partial charge is 0.462 e. The molecule has 1 aliphatic heterocycles. The van der Waals surface area contributed by atoms with Crippen molar-refractivity contribution >= 4 is 11.8 Å². The molecule has 5 nitrogen and oxygen atoms in total. The fourth-order valence-corrected chi connectivity index (χ4v) is 1.80. The van der Waals surface area contributed by atoms with Crippen LogP contribution < -0.4 is 10.6 Å². The summed E-state index contributed by atoms with van der Waals surface area (Å²) in [6, 6.07) is 3.97. The number of rotatable bonds is 4. The molecule has 1 aliphatic rings. The van der Waals surface area contributed by atoms with E-state index in [0.717, 1.165) is 25.3 Å². The highest BCUT2D eigenvalue weighted by Crippen LogP contribution is 2.10. The lowest BCUT2D eigenvalue weighted by Crippen LogP contribution is -2.22. The van der Waals surface area contributed by atoms with Crippen LogP contribution in [-0.2, 0) is 4.74 Å². The van der Waals surface area contributed by atoms with Crippen molar-refractivity contribution in [1.29, 1.82) is 0 Å². The predicted molar refractivity (Wildman–Crippen MR) is 65.1 cm³/mol. The summed E-state index contributed by atoms with van der Waals surface area (Å²) in [6.07, 6.45) is 2.64. The molecule has 0 bridgehead atoms. The van der Waals surface area contributed by atoms with Crippen molar-refractivity contribution < 1.29 is 9.53 Å². The Morgan fingerprint density at radius 1 is 1.65 bits per heavy atom. The van der Waals surface area contributed by atoms with Gasteiger partial charge in [-0.05, 0) is 32.0 Å².